The highest BCUT2D eigenvalue weighted by molar-refractivity contribution is 5.73. The molecule has 3 N–H and O–H groups in total. The number of ether oxygens (including phenoxy) is 1. The standard InChI is InChI=1S/C15H19F3N2O3/c16-15(17,18)11-3-5-13(6-4-11)23-9-12(21)8-20-14(22)19-7-10-1-2-10/h3-6,10,12,21H,1-2,7-9H2,(H2,19,20,22). The molecule has 0 spiro atoms. The fraction of sp³-hybridized carbons (Fsp3) is 0.533. The quantitative estimate of drug-likeness (QED) is 0.716. The molecule has 1 aliphatic carbocycles. The summed E-state index contributed by atoms with van der Waals surface area (Å²) in [4.78, 5) is 11.4. The first-order chi connectivity index (χ1) is 10.8. The zero-order valence-electron chi connectivity index (χ0n) is 12.4. The summed E-state index contributed by atoms with van der Waals surface area (Å²) in [7, 11) is 0. The lowest BCUT2D eigenvalue weighted by molar-refractivity contribution is -0.137. The second-order valence-corrected chi connectivity index (χ2v) is 5.52. The van der Waals surface area contributed by atoms with Crippen LogP contribution in [-0.2, 0) is 6.18 Å². The fourth-order valence-electron chi connectivity index (χ4n) is 1.82. The number of carbonyl (C=O) groups is 1. The number of alkyl halides is 3. The molecule has 0 aromatic heterocycles. The van der Waals surface area contributed by atoms with Crippen LogP contribution in [0.15, 0.2) is 24.3 Å². The van der Waals surface area contributed by atoms with Crippen LogP contribution in [0.2, 0.25) is 0 Å². The zero-order chi connectivity index (χ0) is 16.9. The van der Waals surface area contributed by atoms with E-state index in [4.69, 9.17) is 4.74 Å². The molecule has 0 aliphatic heterocycles. The van der Waals surface area contributed by atoms with Gasteiger partial charge in [0.25, 0.3) is 0 Å². The van der Waals surface area contributed by atoms with Gasteiger partial charge in [0.15, 0.2) is 0 Å². The topological polar surface area (TPSA) is 70.6 Å². The molecule has 2 rings (SSSR count). The predicted molar refractivity (Wildman–Crippen MR) is 77.1 cm³/mol. The van der Waals surface area contributed by atoms with Crippen molar-refractivity contribution in [3.63, 3.8) is 0 Å². The summed E-state index contributed by atoms with van der Waals surface area (Å²) >= 11 is 0. The SMILES string of the molecule is O=C(NCC(O)COc1ccc(C(F)(F)F)cc1)NCC1CC1. The highest BCUT2D eigenvalue weighted by Gasteiger charge is 2.30. The van der Waals surface area contributed by atoms with E-state index in [1.807, 2.05) is 0 Å². The van der Waals surface area contributed by atoms with Crippen LogP contribution < -0.4 is 15.4 Å². The van der Waals surface area contributed by atoms with E-state index in [1.165, 1.54) is 12.1 Å². The van der Waals surface area contributed by atoms with Gasteiger partial charge in [-0.25, -0.2) is 4.79 Å². The van der Waals surface area contributed by atoms with Crippen molar-refractivity contribution < 1.29 is 27.8 Å². The number of hydrogen-bond acceptors (Lipinski definition) is 3. The molecule has 5 nitrogen and oxygen atoms in total. The maximum absolute atomic E-state index is 12.4. The number of hydrogen-bond donors (Lipinski definition) is 3. The van der Waals surface area contributed by atoms with Crippen LogP contribution in [0.4, 0.5) is 18.0 Å². The number of aliphatic hydroxyl groups is 1. The van der Waals surface area contributed by atoms with Gasteiger partial charge in [-0.05, 0) is 43.0 Å². The number of aliphatic hydroxyl groups excluding tert-OH is 1. The lowest BCUT2D eigenvalue weighted by atomic mass is 10.2. The van der Waals surface area contributed by atoms with Crippen molar-refractivity contribution >= 4 is 6.03 Å². The Labute approximate surface area is 131 Å². The molecule has 1 atom stereocenters. The fourth-order valence-corrected chi connectivity index (χ4v) is 1.82. The molecule has 0 radical (unpaired) electrons. The lowest BCUT2D eigenvalue weighted by Crippen LogP contribution is -2.41. The van der Waals surface area contributed by atoms with Crippen LogP contribution in [0.1, 0.15) is 18.4 Å². The summed E-state index contributed by atoms with van der Waals surface area (Å²) in [5.41, 5.74) is -0.764. The van der Waals surface area contributed by atoms with Crippen LogP contribution in [-0.4, -0.2) is 36.9 Å². The smallest absolute Gasteiger partial charge is 0.416 e. The molecule has 0 saturated heterocycles. The molecular formula is C15H19F3N2O3. The second kappa shape index (κ2) is 7.54. The highest BCUT2D eigenvalue weighted by atomic mass is 19.4. The van der Waals surface area contributed by atoms with Crippen molar-refractivity contribution in [1.82, 2.24) is 10.6 Å². The monoisotopic (exact) mass is 332 g/mol. The molecule has 2 amide bonds. The Morgan fingerprint density at radius 2 is 1.91 bits per heavy atom. The Hall–Kier alpha value is -1.96. The van der Waals surface area contributed by atoms with E-state index >= 15 is 0 Å². The molecule has 1 saturated carbocycles. The second-order valence-electron chi connectivity index (χ2n) is 5.52. The number of carbonyl (C=O) groups excluding carboxylic acids is 1. The van der Waals surface area contributed by atoms with Crippen LogP contribution in [0.5, 0.6) is 5.75 Å². The van der Waals surface area contributed by atoms with Crippen molar-refractivity contribution in [3.8, 4) is 5.75 Å². The van der Waals surface area contributed by atoms with E-state index in [0.29, 0.717) is 12.5 Å². The lowest BCUT2D eigenvalue weighted by Gasteiger charge is -2.14. The van der Waals surface area contributed by atoms with Gasteiger partial charge in [-0.1, -0.05) is 0 Å². The Kier molecular flexibility index (Phi) is 5.70. The van der Waals surface area contributed by atoms with Gasteiger partial charge >= 0.3 is 12.2 Å². The van der Waals surface area contributed by atoms with Crippen LogP contribution >= 0.6 is 0 Å². The summed E-state index contributed by atoms with van der Waals surface area (Å²) in [5.74, 6) is 0.781. The van der Waals surface area contributed by atoms with Crippen LogP contribution in [0.25, 0.3) is 0 Å². The maximum atomic E-state index is 12.4. The molecule has 1 fully saturated rings. The van der Waals surface area contributed by atoms with Crippen molar-refractivity contribution in [2.75, 3.05) is 19.7 Å². The molecule has 23 heavy (non-hydrogen) atoms. The maximum Gasteiger partial charge on any atom is 0.416 e. The summed E-state index contributed by atoms with van der Waals surface area (Å²) in [5, 5.41) is 14.9. The first-order valence-corrected chi connectivity index (χ1v) is 7.34. The molecule has 1 aliphatic rings. The molecule has 128 valence electrons. The van der Waals surface area contributed by atoms with Crippen LogP contribution in [0.3, 0.4) is 0 Å². The minimum atomic E-state index is -4.39. The Balaban J connectivity index is 1.65. The average molecular weight is 332 g/mol. The number of benzene rings is 1. The van der Waals surface area contributed by atoms with E-state index in [0.717, 1.165) is 25.0 Å². The van der Waals surface area contributed by atoms with Crippen molar-refractivity contribution in [2.24, 2.45) is 5.92 Å². The summed E-state index contributed by atoms with van der Waals surface area (Å²) in [6.45, 7) is 0.495. The van der Waals surface area contributed by atoms with Crippen molar-refractivity contribution in [1.29, 1.82) is 0 Å². The van der Waals surface area contributed by atoms with Gasteiger partial charge < -0.3 is 20.5 Å². The van der Waals surface area contributed by atoms with E-state index in [9.17, 15) is 23.1 Å². The number of rotatable bonds is 7. The minimum absolute atomic E-state index is 0.00284. The van der Waals surface area contributed by atoms with E-state index in [2.05, 4.69) is 10.6 Å². The molecule has 1 aromatic carbocycles. The van der Waals surface area contributed by atoms with Gasteiger partial charge in [-0.2, -0.15) is 13.2 Å². The van der Waals surface area contributed by atoms with Gasteiger partial charge in [0.2, 0.25) is 0 Å². The third-order valence-electron chi connectivity index (χ3n) is 3.37. The Bertz CT molecular complexity index is 516. The number of nitrogens with one attached hydrogen (secondary N) is 2. The van der Waals surface area contributed by atoms with Gasteiger partial charge in [0.1, 0.15) is 18.5 Å². The normalized spacial score (nSPS) is 15.8. The first-order valence-electron chi connectivity index (χ1n) is 7.34. The number of urea groups is 1. The zero-order valence-corrected chi connectivity index (χ0v) is 12.4. The van der Waals surface area contributed by atoms with Crippen molar-refractivity contribution in [3.05, 3.63) is 29.8 Å². The summed E-state index contributed by atoms with van der Waals surface area (Å²) < 4.78 is 42.4. The number of halogens is 3. The van der Waals surface area contributed by atoms with E-state index < -0.39 is 17.8 Å². The molecule has 8 heteroatoms. The Morgan fingerprint density at radius 3 is 2.48 bits per heavy atom. The molecular weight excluding hydrogens is 313 g/mol. The molecule has 0 heterocycles. The van der Waals surface area contributed by atoms with Gasteiger partial charge in [0.05, 0.1) is 5.56 Å². The average Bonchev–Trinajstić information content (AvgIpc) is 3.32. The van der Waals surface area contributed by atoms with E-state index in [-0.39, 0.29) is 24.9 Å². The minimum Gasteiger partial charge on any atom is -0.491 e. The molecule has 1 unspecified atom stereocenters. The highest BCUT2D eigenvalue weighted by Crippen LogP contribution is 2.30. The van der Waals surface area contributed by atoms with Crippen LogP contribution in [0, 0.1) is 5.92 Å². The number of amides is 2. The van der Waals surface area contributed by atoms with E-state index in [1.54, 1.807) is 0 Å². The van der Waals surface area contributed by atoms with Gasteiger partial charge in [0, 0.05) is 13.1 Å². The third-order valence-corrected chi connectivity index (χ3v) is 3.37. The van der Waals surface area contributed by atoms with Crippen molar-refractivity contribution in [2.45, 2.75) is 25.1 Å². The summed E-state index contributed by atoms with van der Waals surface area (Å²) in [6, 6.07) is 3.83. The molecule has 1 aromatic rings. The Morgan fingerprint density at radius 1 is 1.26 bits per heavy atom. The largest absolute Gasteiger partial charge is 0.491 e. The van der Waals surface area contributed by atoms with Gasteiger partial charge in [-0.15, -0.1) is 0 Å². The predicted octanol–water partition coefficient (Wildman–Crippen LogP) is 2.15. The first kappa shape index (κ1) is 17.4. The third kappa shape index (κ3) is 6.35. The molecule has 0 bridgehead atoms. The van der Waals surface area contributed by atoms with Gasteiger partial charge in [-0.3, -0.25) is 0 Å². The summed E-state index contributed by atoms with van der Waals surface area (Å²) in [6.07, 6.45) is -3.09.